The van der Waals surface area contributed by atoms with Crippen LogP contribution < -0.4 is 31.9 Å². The Morgan fingerprint density at radius 1 is 0.676 bits per heavy atom. The number of amidine groups is 2. The van der Waals surface area contributed by atoms with Crippen molar-refractivity contribution in [2.24, 2.45) is 9.98 Å². The number of nitrogens with zero attached hydrogens (tertiary/aromatic N) is 2. The molecule has 4 rings (SSSR count). The Kier molecular flexibility index (Phi) is 12.5. The summed E-state index contributed by atoms with van der Waals surface area (Å²) in [5.74, 6) is 1.79. The largest absolute Gasteiger partial charge is 0.370 e. The molecular weight excluding hydrogens is 515 g/mol. The normalized spacial score (nSPS) is 14.2. The van der Waals surface area contributed by atoms with Crippen LogP contribution in [0.2, 0.25) is 0 Å². The number of rotatable bonds is 8. The third kappa shape index (κ3) is 9.47. The summed E-state index contributed by atoms with van der Waals surface area (Å²) >= 11 is 0. The Labute approximate surface area is 229 Å². The molecule has 0 aromatic heterocycles. The summed E-state index contributed by atoms with van der Waals surface area (Å²) in [6.45, 7) is 4.41. The van der Waals surface area contributed by atoms with Gasteiger partial charge in [0.2, 0.25) is 0 Å². The quantitative estimate of drug-likeness (QED) is 0.282. The first-order valence-corrected chi connectivity index (χ1v) is 12.0. The first kappa shape index (κ1) is 29.7. The van der Waals surface area contributed by atoms with Crippen molar-refractivity contribution in [3.05, 3.63) is 59.7 Å². The number of carbonyl (C=O) groups is 2. The lowest BCUT2D eigenvalue weighted by molar-refractivity contribution is 0.251. The molecule has 0 radical (unpaired) electrons. The third-order valence-electron chi connectivity index (χ3n) is 5.55. The van der Waals surface area contributed by atoms with Crippen LogP contribution in [-0.2, 0) is 0 Å². The van der Waals surface area contributed by atoms with Crippen molar-refractivity contribution in [1.29, 1.82) is 0 Å². The zero-order valence-electron chi connectivity index (χ0n) is 20.5. The van der Waals surface area contributed by atoms with Crippen molar-refractivity contribution >= 4 is 59.9 Å². The number of anilines is 2. The van der Waals surface area contributed by atoms with E-state index in [-0.39, 0.29) is 36.9 Å². The molecule has 4 amide bonds. The number of aliphatic imine (C=N–C) groups is 2. The predicted octanol–water partition coefficient (Wildman–Crippen LogP) is 3.34. The average molecular weight is 550 g/mol. The van der Waals surface area contributed by atoms with Crippen LogP contribution in [0.3, 0.4) is 0 Å². The first-order chi connectivity index (χ1) is 17.2. The van der Waals surface area contributed by atoms with Gasteiger partial charge >= 0.3 is 12.1 Å². The van der Waals surface area contributed by atoms with Crippen molar-refractivity contribution in [2.45, 2.75) is 19.3 Å². The van der Waals surface area contributed by atoms with Gasteiger partial charge in [0.25, 0.3) is 0 Å². The van der Waals surface area contributed by atoms with Crippen LogP contribution >= 0.6 is 24.8 Å². The van der Waals surface area contributed by atoms with E-state index in [1.54, 1.807) is 0 Å². The SMILES string of the molecule is Cl.Cl.O=C(NCCCNC(=O)Nc1ccc(C2=NCCCN2)cc1)Nc1ccc(C2=NCCCN2)cc1. The van der Waals surface area contributed by atoms with Crippen molar-refractivity contribution in [1.82, 2.24) is 21.3 Å². The number of carbonyl (C=O) groups excluding carboxylic acids is 2. The van der Waals surface area contributed by atoms with Gasteiger partial charge in [0.05, 0.1) is 0 Å². The summed E-state index contributed by atoms with van der Waals surface area (Å²) in [4.78, 5) is 33.2. The molecule has 0 fully saturated rings. The minimum Gasteiger partial charge on any atom is -0.370 e. The highest BCUT2D eigenvalue weighted by atomic mass is 35.5. The highest BCUT2D eigenvalue weighted by Gasteiger charge is 2.09. The summed E-state index contributed by atoms with van der Waals surface area (Å²) in [5, 5.41) is 17.8. The monoisotopic (exact) mass is 548 g/mol. The lowest BCUT2D eigenvalue weighted by Crippen LogP contribution is -2.34. The molecule has 2 aromatic carbocycles. The number of urea groups is 2. The van der Waals surface area contributed by atoms with Crippen LogP contribution in [0.15, 0.2) is 58.5 Å². The number of nitrogens with one attached hydrogen (secondary N) is 6. The highest BCUT2D eigenvalue weighted by Crippen LogP contribution is 2.12. The maximum atomic E-state index is 12.1. The van der Waals surface area contributed by atoms with Crippen LogP contribution in [0.25, 0.3) is 0 Å². The fraction of sp³-hybridized carbons (Fsp3) is 0.360. The van der Waals surface area contributed by atoms with Gasteiger partial charge in [-0.15, -0.1) is 24.8 Å². The van der Waals surface area contributed by atoms with E-state index in [0.29, 0.717) is 30.9 Å². The highest BCUT2D eigenvalue weighted by molar-refractivity contribution is 6.00. The van der Waals surface area contributed by atoms with Gasteiger partial charge in [0.1, 0.15) is 11.7 Å². The molecule has 0 bridgehead atoms. The van der Waals surface area contributed by atoms with Gasteiger partial charge in [-0.2, -0.15) is 0 Å². The predicted molar refractivity (Wildman–Crippen MR) is 154 cm³/mol. The average Bonchev–Trinajstić information content (AvgIpc) is 2.90. The smallest absolute Gasteiger partial charge is 0.319 e. The fourth-order valence-corrected chi connectivity index (χ4v) is 3.72. The van der Waals surface area contributed by atoms with E-state index in [1.165, 1.54) is 0 Å². The molecule has 0 aliphatic carbocycles. The molecule has 6 N–H and O–H groups in total. The summed E-state index contributed by atoms with van der Waals surface area (Å²) in [6, 6.07) is 14.6. The van der Waals surface area contributed by atoms with E-state index < -0.39 is 0 Å². The van der Waals surface area contributed by atoms with Crippen LogP contribution in [-0.4, -0.2) is 63.0 Å². The Hall–Kier alpha value is -3.50. The molecule has 0 atom stereocenters. The Balaban J connectivity index is 0.00000241. The minimum absolute atomic E-state index is 0. The van der Waals surface area contributed by atoms with Crippen LogP contribution in [0.1, 0.15) is 30.4 Å². The molecule has 12 heteroatoms. The van der Waals surface area contributed by atoms with E-state index in [1.807, 2.05) is 48.5 Å². The second-order valence-corrected chi connectivity index (χ2v) is 8.29. The zero-order chi connectivity index (χ0) is 24.3. The van der Waals surface area contributed by atoms with E-state index in [9.17, 15) is 9.59 Å². The number of benzene rings is 2. The lowest BCUT2D eigenvalue weighted by Gasteiger charge is -2.15. The molecule has 2 aromatic rings. The van der Waals surface area contributed by atoms with Gasteiger partial charge in [-0.25, -0.2) is 9.59 Å². The topological polar surface area (TPSA) is 131 Å². The van der Waals surface area contributed by atoms with E-state index in [2.05, 4.69) is 41.9 Å². The van der Waals surface area contributed by atoms with Crippen molar-refractivity contribution < 1.29 is 9.59 Å². The fourth-order valence-electron chi connectivity index (χ4n) is 3.72. The molecule has 0 spiro atoms. The second-order valence-electron chi connectivity index (χ2n) is 8.29. The van der Waals surface area contributed by atoms with Gasteiger partial charge in [-0.1, -0.05) is 0 Å². The van der Waals surface area contributed by atoms with Crippen LogP contribution in [0.4, 0.5) is 21.0 Å². The van der Waals surface area contributed by atoms with Gasteiger partial charge in [-0.05, 0) is 67.8 Å². The molecule has 10 nitrogen and oxygen atoms in total. The molecule has 0 unspecified atom stereocenters. The molecule has 2 heterocycles. The van der Waals surface area contributed by atoms with Crippen LogP contribution in [0, 0.1) is 0 Å². The van der Waals surface area contributed by atoms with Gasteiger partial charge in [0.15, 0.2) is 0 Å². The van der Waals surface area contributed by atoms with Gasteiger partial charge < -0.3 is 31.9 Å². The number of hydrogen-bond acceptors (Lipinski definition) is 6. The zero-order valence-corrected chi connectivity index (χ0v) is 22.1. The first-order valence-electron chi connectivity index (χ1n) is 12.0. The van der Waals surface area contributed by atoms with E-state index in [4.69, 9.17) is 0 Å². The van der Waals surface area contributed by atoms with Gasteiger partial charge in [0, 0.05) is 61.8 Å². The van der Waals surface area contributed by atoms with E-state index >= 15 is 0 Å². The number of amides is 4. The van der Waals surface area contributed by atoms with Crippen LogP contribution in [0.5, 0.6) is 0 Å². The van der Waals surface area contributed by atoms with Crippen molar-refractivity contribution in [2.75, 3.05) is 49.9 Å². The molecule has 0 saturated heterocycles. The van der Waals surface area contributed by atoms with E-state index in [0.717, 1.165) is 61.8 Å². The summed E-state index contributed by atoms with van der Waals surface area (Å²) in [5.41, 5.74) is 3.42. The maximum absolute atomic E-state index is 12.1. The molecule has 37 heavy (non-hydrogen) atoms. The molecule has 2 aliphatic rings. The molecule has 2 aliphatic heterocycles. The number of halogens is 2. The standard InChI is InChI=1S/C25H32N8O2.2ClH/c34-24(32-20-8-4-18(5-9-20)22-26-12-1-13-27-22)30-16-3-17-31-25(35)33-21-10-6-19(7-11-21)23-28-14-2-15-29-23;;/h4-11H,1-3,12-17H2,(H,26,27)(H,28,29)(H2,30,32,34)(H2,31,33,35);2*1H. The minimum atomic E-state index is -0.285. The third-order valence-corrected chi connectivity index (χ3v) is 5.55. The van der Waals surface area contributed by atoms with Crippen molar-refractivity contribution in [3.8, 4) is 0 Å². The van der Waals surface area contributed by atoms with Crippen molar-refractivity contribution in [3.63, 3.8) is 0 Å². The Morgan fingerprint density at radius 2 is 1.08 bits per heavy atom. The Morgan fingerprint density at radius 3 is 1.43 bits per heavy atom. The Bertz CT molecular complexity index is 990. The summed E-state index contributed by atoms with van der Waals surface area (Å²) in [7, 11) is 0. The second kappa shape index (κ2) is 15.6. The molecule has 200 valence electrons. The number of hydrogen-bond donors (Lipinski definition) is 6. The summed E-state index contributed by atoms with van der Waals surface area (Å²) < 4.78 is 0. The summed E-state index contributed by atoms with van der Waals surface area (Å²) in [6.07, 6.45) is 2.70. The maximum Gasteiger partial charge on any atom is 0.319 e. The molecule has 0 saturated carbocycles. The lowest BCUT2D eigenvalue weighted by atomic mass is 10.1. The molecular formula is C25H34Cl2N8O2. The van der Waals surface area contributed by atoms with Gasteiger partial charge in [-0.3, -0.25) is 9.98 Å².